The molecule has 102 valence electrons. The molecule has 18 heavy (non-hydrogen) atoms. The number of para-hydroxylation sites is 1. The largest absolute Gasteiger partial charge is 0.493 e. The zero-order chi connectivity index (χ0) is 12.7. The minimum Gasteiger partial charge on any atom is -0.493 e. The van der Waals surface area contributed by atoms with Gasteiger partial charge in [0, 0.05) is 25.1 Å². The van der Waals surface area contributed by atoms with Crippen molar-refractivity contribution in [2.75, 3.05) is 20.8 Å². The molecule has 3 N–H and O–H groups in total. The number of nitrogens with one attached hydrogen (secondary N) is 1. The van der Waals surface area contributed by atoms with Gasteiger partial charge in [0.05, 0.1) is 14.2 Å². The van der Waals surface area contributed by atoms with Crippen LogP contribution in [0.15, 0.2) is 18.2 Å². The topological polar surface area (TPSA) is 73.6 Å². The minimum absolute atomic E-state index is 0. The third-order valence-corrected chi connectivity index (χ3v) is 2.33. The number of amides is 1. The molecule has 5 nitrogen and oxygen atoms in total. The second-order valence-corrected chi connectivity index (χ2v) is 3.47. The van der Waals surface area contributed by atoms with Crippen molar-refractivity contribution in [3.63, 3.8) is 0 Å². The van der Waals surface area contributed by atoms with Crippen LogP contribution in [-0.2, 0) is 11.3 Å². The summed E-state index contributed by atoms with van der Waals surface area (Å²) in [4.78, 5) is 11.3. The highest BCUT2D eigenvalue weighted by Crippen LogP contribution is 2.30. The Morgan fingerprint density at radius 1 is 1.33 bits per heavy atom. The van der Waals surface area contributed by atoms with Crippen LogP contribution in [0.5, 0.6) is 11.5 Å². The monoisotopic (exact) mass is 274 g/mol. The van der Waals surface area contributed by atoms with E-state index in [-0.39, 0.29) is 18.3 Å². The van der Waals surface area contributed by atoms with Gasteiger partial charge in [-0.05, 0) is 6.07 Å². The van der Waals surface area contributed by atoms with Crippen LogP contribution in [0.25, 0.3) is 0 Å². The van der Waals surface area contributed by atoms with Crippen molar-refractivity contribution >= 4 is 18.3 Å². The molecule has 1 rings (SSSR count). The molecule has 0 radical (unpaired) electrons. The molecule has 0 fully saturated rings. The maximum atomic E-state index is 11.3. The average molecular weight is 275 g/mol. The standard InChI is InChI=1S/C12H18N2O3.ClH/c1-16-10-5-3-4-9(12(10)17-2)8-14-11(15)6-7-13;/h3-5H,6-8,13H2,1-2H3,(H,14,15);1H. The van der Waals surface area contributed by atoms with Crippen LogP contribution in [0, 0.1) is 0 Å². The Bertz CT molecular complexity index is 386. The number of benzene rings is 1. The number of hydrogen-bond donors (Lipinski definition) is 2. The molecule has 0 saturated heterocycles. The first-order chi connectivity index (χ1) is 8.22. The van der Waals surface area contributed by atoms with Crippen molar-refractivity contribution in [1.29, 1.82) is 0 Å². The molecular weight excluding hydrogens is 256 g/mol. The highest BCUT2D eigenvalue weighted by Gasteiger charge is 2.09. The number of carbonyl (C=O) groups excluding carboxylic acids is 1. The molecule has 0 aliphatic carbocycles. The fourth-order valence-electron chi connectivity index (χ4n) is 1.51. The van der Waals surface area contributed by atoms with Gasteiger partial charge in [0.25, 0.3) is 0 Å². The lowest BCUT2D eigenvalue weighted by molar-refractivity contribution is -0.121. The Kier molecular flexibility index (Phi) is 7.91. The summed E-state index contributed by atoms with van der Waals surface area (Å²) in [6.07, 6.45) is 0.326. The molecule has 1 aromatic rings. The summed E-state index contributed by atoms with van der Waals surface area (Å²) >= 11 is 0. The van der Waals surface area contributed by atoms with Gasteiger partial charge in [0.15, 0.2) is 11.5 Å². The third-order valence-electron chi connectivity index (χ3n) is 2.33. The number of carbonyl (C=O) groups is 1. The van der Waals surface area contributed by atoms with Gasteiger partial charge in [0.1, 0.15) is 0 Å². The van der Waals surface area contributed by atoms with Gasteiger partial charge >= 0.3 is 0 Å². The van der Waals surface area contributed by atoms with E-state index in [1.165, 1.54) is 0 Å². The highest BCUT2D eigenvalue weighted by atomic mass is 35.5. The molecule has 0 aliphatic rings. The van der Waals surface area contributed by atoms with Crippen LogP contribution in [0.4, 0.5) is 0 Å². The van der Waals surface area contributed by atoms with Crippen molar-refractivity contribution in [2.24, 2.45) is 5.73 Å². The Balaban J connectivity index is 0.00000289. The average Bonchev–Trinajstić information content (AvgIpc) is 2.36. The number of ether oxygens (including phenoxy) is 2. The third kappa shape index (κ3) is 4.43. The number of nitrogens with two attached hydrogens (primary N) is 1. The smallest absolute Gasteiger partial charge is 0.221 e. The van der Waals surface area contributed by atoms with Gasteiger partial charge in [-0.2, -0.15) is 0 Å². The van der Waals surface area contributed by atoms with Crippen molar-refractivity contribution in [1.82, 2.24) is 5.32 Å². The fraction of sp³-hybridized carbons (Fsp3) is 0.417. The van der Waals surface area contributed by atoms with Crippen LogP contribution in [0.1, 0.15) is 12.0 Å². The summed E-state index contributed by atoms with van der Waals surface area (Å²) in [7, 11) is 3.15. The first-order valence-corrected chi connectivity index (χ1v) is 5.39. The summed E-state index contributed by atoms with van der Waals surface area (Å²) in [6.45, 7) is 0.750. The fourth-order valence-corrected chi connectivity index (χ4v) is 1.51. The summed E-state index contributed by atoms with van der Waals surface area (Å²) in [5.41, 5.74) is 6.17. The Labute approximate surface area is 113 Å². The molecule has 0 atom stereocenters. The van der Waals surface area contributed by atoms with E-state index >= 15 is 0 Å². The summed E-state index contributed by atoms with van der Waals surface area (Å²) in [5.74, 6) is 1.22. The molecule has 6 heteroatoms. The van der Waals surface area contributed by atoms with Gasteiger partial charge < -0.3 is 20.5 Å². The zero-order valence-corrected chi connectivity index (χ0v) is 11.4. The Hall–Kier alpha value is -1.46. The highest BCUT2D eigenvalue weighted by molar-refractivity contribution is 5.85. The van der Waals surface area contributed by atoms with Gasteiger partial charge in [-0.3, -0.25) is 4.79 Å². The maximum Gasteiger partial charge on any atom is 0.221 e. The summed E-state index contributed by atoms with van der Waals surface area (Å²) in [5, 5.41) is 2.77. The van der Waals surface area contributed by atoms with Crippen molar-refractivity contribution in [3.8, 4) is 11.5 Å². The lowest BCUT2D eigenvalue weighted by atomic mass is 10.2. The van der Waals surface area contributed by atoms with Crippen molar-refractivity contribution in [3.05, 3.63) is 23.8 Å². The van der Waals surface area contributed by atoms with E-state index in [1.807, 2.05) is 18.2 Å². The van der Waals surface area contributed by atoms with Crippen LogP contribution >= 0.6 is 12.4 Å². The SMILES string of the molecule is COc1cccc(CNC(=O)CCN)c1OC.Cl. The molecule has 0 bridgehead atoms. The van der Waals surface area contributed by atoms with E-state index in [0.29, 0.717) is 31.0 Å². The van der Waals surface area contributed by atoms with Gasteiger partial charge in [-0.15, -0.1) is 12.4 Å². The van der Waals surface area contributed by atoms with E-state index in [0.717, 1.165) is 5.56 Å². The molecule has 1 amide bonds. The van der Waals surface area contributed by atoms with Crippen LogP contribution in [-0.4, -0.2) is 26.7 Å². The van der Waals surface area contributed by atoms with Gasteiger partial charge in [-0.25, -0.2) is 0 Å². The number of halogens is 1. The lowest BCUT2D eigenvalue weighted by Gasteiger charge is -2.12. The van der Waals surface area contributed by atoms with E-state index in [9.17, 15) is 4.79 Å². The molecular formula is C12H19ClN2O3. The lowest BCUT2D eigenvalue weighted by Crippen LogP contribution is -2.25. The summed E-state index contributed by atoms with van der Waals surface area (Å²) < 4.78 is 10.4. The van der Waals surface area contributed by atoms with Gasteiger partial charge in [0.2, 0.25) is 5.91 Å². The van der Waals surface area contributed by atoms with Crippen LogP contribution < -0.4 is 20.5 Å². The number of rotatable bonds is 6. The normalized spacial score (nSPS) is 9.28. The first kappa shape index (κ1) is 16.5. The number of hydrogen-bond acceptors (Lipinski definition) is 4. The molecule has 0 aliphatic heterocycles. The molecule has 1 aromatic carbocycles. The Morgan fingerprint density at radius 2 is 2.06 bits per heavy atom. The van der Waals surface area contributed by atoms with E-state index in [2.05, 4.69) is 5.32 Å². The molecule has 0 heterocycles. The molecule has 0 aromatic heterocycles. The van der Waals surface area contributed by atoms with Gasteiger partial charge in [-0.1, -0.05) is 12.1 Å². The minimum atomic E-state index is -0.0719. The maximum absolute atomic E-state index is 11.3. The second kappa shape index (κ2) is 8.60. The predicted molar refractivity (Wildman–Crippen MR) is 72.3 cm³/mol. The molecule has 0 saturated carbocycles. The first-order valence-electron chi connectivity index (χ1n) is 5.39. The van der Waals surface area contributed by atoms with E-state index in [4.69, 9.17) is 15.2 Å². The van der Waals surface area contributed by atoms with Crippen LogP contribution in [0.2, 0.25) is 0 Å². The van der Waals surface area contributed by atoms with E-state index in [1.54, 1.807) is 14.2 Å². The second-order valence-electron chi connectivity index (χ2n) is 3.47. The van der Waals surface area contributed by atoms with Crippen LogP contribution in [0.3, 0.4) is 0 Å². The number of methoxy groups -OCH3 is 2. The molecule has 0 spiro atoms. The predicted octanol–water partition coefficient (Wildman–Crippen LogP) is 1.09. The van der Waals surface area contributed by atoms with E-state index < -0.39 is 0 Å². The van der Waals surface area contributed by atoms with Crippen molar-refractivity contribution < 1.29 is 14.3 Å². The zero-order valence-electron chi connectivity index (χ0n) is 10.6. The summed E-state index contributed by atoms with van der Waals surface area (Å²) in [6, 6.07) is 5.54. The quantitative estimate of drug-likeness (QED) is 0.814. The Morgan fingerprint density at radius 3 is 2.61 bits per heavy atom. The molecule has 0 unspecified atom stereocenters. The van der Waals surface area contributed by atoms with Crippen molar-refractivity contribution in [2.45, 2.75) is 13.0 Å².